The molecule has 0 aliphatic carbocycles. The Bertz CT molecular complexity index is 994. The summed E-state index contributed by atoms with van der Waals surface area (Å²) in [5.41, 5.74) is 2.37. The van der Waals surface area contributed by atoms with Crippen LogP contribution in [0.4, 0.5) is 0 Å². The molecule has 1 aromatic carbocycles. The molecule has 2 aromatic heterocycles. The van der Waals surface area contributed by atoms with E-state index in [2.05, 4.69) is 15.5 Å². The second kappa shape index (κ2) is 6.33. The number of pyridine rings is 2. The molecule has 0 atom stereocenters. The Labute approximate surface area is 136 Å². The van der Waals surface area contributed by atoms with Gasteiger partial charge in [-0.25, -0.2) is 5.43 Å². The summed E-state index contributed by atoms with van der Waals surface area (Å²) in [6, 6.07) is 12.0. The molecule has 3 rings (SSSR count). The molecule has 120 valence electrons. The van der Waals surface area contributed by atoms with E-state index in [1.54, 1.807) is 48.7 Å². The van der Waals surface area contributed by atoms with Crippen molar-refractivity contribution >= 4 is 23.0 Å². The van der Waals surface area contributed by atoms with Gasteiger partial charge >= 0.3 is 0 Å². The first-order valence-electron chi connectivity index (χ1n) is 7.14. The third-order valence-electron chi connectivity index (χ3n) is 3.55. The minimum atomic E-state index is -0.786. The van der Waals surface area contributed by atoms with E-state index in [1.165, 1.54) is 17.8 Å². The second-order valence-electron chi connectivity index (χ2n) is 5.06. The molecular formula is C17H14N4O3. The molecular weight excluding hydrogens is 308 g/mol. The number of carbonyl (C=O) groups excluding carboxylic acids is 1. The summed E-state index contributed by atoms with van der Waals surface area (Å²) in [6.07, 6.45) is 2.94. The van der Waals surface area contributed by atoms with Crippen LogP contribution in [0.1, 0.15) is 16.1 Å². The van der Waals surface area contributed by atoms with Crippen molar-refractivity contribution in [2.24, 2.45) is 12.1 Å². The molecule has 0 unspecified atom stereocenters. The molecule has 2 heterocycles. The van der Waals surface area contributed by atoms with E-state index in [9.17, 15) is 14.7 Å². The number of aromatic nitrogens is 2. The first kappa shape index (κ1) is 15.4. The summed E-state index contributed by atoms with van der Waals surface area (Å²) in [5.74, 6) is -1.15. The SMILES string of the molecule is Cn1c(=O)c(C(=O)N/N=C\c2ccccn2)c(O)c2ccccc21. The van der Waals surface area contributed by atoms with E-state index in [0.29, 0.717) is 16.6 Å². The van der Waals surface area contributed by atoms with Crippen LogP contribution >= 0.6 is 0 Å². The summed E-state index contributed by atoms with van der Waals surface area (Å²) < 4.78 is 1.31. The first-order valence-corrected chi connectivity index (χ1v) is 7.14. The number of hydrazone groups is 1. The Kier molecular flexibility index (Phi) is 4.07. The molecule has 24 heavy (non-hydrogen) atoms. The number of amides is 1. The largest absolute Gasteiger partial charge is 0.506 e. The monoisotopic (exact) mass is 322 g/mol. The standard InChI is InChI=1S/C17H14N4O3/c1-21-13-8-3-2-7-12(13)15(22)14(17(21)24)16(23)20-19-10-11-6-4-5-9-18-11/h2-10,22H,1H3,(H,20,23)/b19-10-. The molecule has 7 heteroatoms. The number of rotatable bonds is 3. The first-order chi connectivity index (χ1) is 11.6. The van der Waals surface area contributed by atoms with Crippen molar-refractivity contribution in [1.82, 2.24) is 15.0 Å². The van der Waals surface area contributed by atoms with Gasteiger partial charge in [-0.2, -0.15) is 5.10 Å². The van der Waals surface area contributed by atoms with Crippen LogP contribution in [0, 0.1) is 0 Å². The maximum Gasteiger partial charge on any atom is 0.280 e. The van der Waals surface area contributed by atoms with Gasteiger partial charge in [-0.1, -0.05) is 18.2 Å². The highest BCUT2D eigenvalue weighted by Crippen LogP contribution is 2.25. The zero-order valence-electron chi connectivity index (χ0n) is 12.8. The van der Waals surface area contributed by atoms with E-state index >= 15 is 0 Å². The summed E-state index contributed by atoms with van der Waals surface area (Å²) in [4.78, 5) is 28.6. The molecule has 0 spiro atoms. The van der Waals surface area contributed by atoms with Crippen molar-refractivity contribution in [2.45, 2.75) is 0 Å². The molecule has 7 nitrogen and oxygen atoms in total. The Morgan fingerprint density at radius 2 is 2.00 bits per heavy atom. The number of aromatic hydroxyl groups is 1. The molecule has 0 radical (unpaired) electrons. The van der Waals surface area contributed by atoms with Crippen LogP contribution in [-0.4, -0.2) is 26.8 Å². The van der Waals surface area contributed by atoms with Gasteiger partial charge in [-0.3, -0.25) is 14.6 Å². The lowest BCUT2D eigenvalue weighted by Gasteiger charge is -2.10. The molecule has 0 fully saturated rings. The van der Waals surface area contributed by atoms with Crippen LogP contribution in [0.25, 0.3) is 10.9 Å². The quantitative estimate of drug-likeness (QED) is 0.563. The third-order valence-corrected chi connectivity index (χ3v) is 3.55. The van der Waals surface area contributed by atoms with Gasteiger partial charge in [0, 0.05) is 18.6 Å². The van der Waals surface area contributed by atoms with Gasteiger partial charge < -0.3 is 9.67 Å². The van der Waals surface area contributed by atoms with E-state index in [-0.39, 0.29) is 11.3 Å². The van der Waals surface area contributed by atoms with E-state index < -0.39 is 11.5 Å². The van der Waals surface area contributed by atoms with Crippen molar-refractivity contribution in [3.05, 3.63) is 70.3 Å². The van der Waals surface area contributed by atoms with E-state index in [4.69, 9.17) is 0 Å². The van der Waals surface area contributed by atoms with Gasteiger partial charge in [0.05, 0.1) is 17.4 Å². The zero-order valence-corrected chi connectivity index (χ0v) is 12.8. The normalized spacial score (nSPS) is 11.0. The number of nitrogens with zero attached hydrogens (tertiary/aromatic N) is 3. The lowest BCUT2D eigenvalue weighted by atomic mass is 10.1. The van der Waals surface area contributed by atoms with Gasteiger partial charge in [0.2, 0.25) is 0 Å². The van der Waals surface area contributed by atoms with E-state index in [1.807, 2.05) is 0 Å². The fraction of sp³-hybridized carbons (Fsp3) is 0.0588. The number of aryl methyl sites for hydroxylation is 1. The summed E-state index contributed by atoms with van der Waals surface area (Å²) in [5, 5.41) is 14.5. The maximum absolute atomic E-state index is 12.4. The molecule has 2 N–H and O–H groups in total. The average molecular weight is 322 g/mol. The van der Waals surface area contributed by atoms with Gasteiger partial charge in [0.25, 0.3) is 11.5 Å². The lowest BCUT2D eigenvalue weighted by Crippen LogP contribution is -2.30. The van der Waals surface area contributed by atoms with Crippen LogP contribution in [0.15, 0.2) is 58.6 Å². The van der Waals surface area contributed by atoms with Gasteiger partial charge in [-0.05, 0) is 24.3 Å². The number of hydrogen-bond donors (Lipinski definition) is 2. The summed E-state index contributed by atoms with van der Waals surface area (Å²) >= 11 is 0. The Hall–Kier alpha value is -3.48. The molecule has 3 aromatic rings. The number of fused-ring (bicyclic) bond motifs is 1. The fourth-order valence-corrected chi connectivity index (χ4v) is 2.35. The van der Waals surface area contributed by atoms with Crippen LogP contribution < -0.4 is 11.0 Å². The number of nitrogens with one attached hydrogen (secondary N) is 1. The smallest absolute Gasteiger partial charge is 0.280 e. The van der Waals surface area contributed by atoms with E-state index in [0.717, 1.165) is 0 Å². The van der Waals surface area contributed by atoms with Crippen molar-refractivity contribution in [3.63, 3.8) is 0 Å². The lowest BCUT2D eigenvalue weighted by molar-refractivity contribution is 0.0950. The van der Waals surface area contributed by atoms with Gasteiger partial charge in [0.1, 0.15) is 11.3 Å². The van der Waals surface area contributed by atoms with Crippen molar-refractivity contribution in [1.29, 1.82) is 0 Å². The molecule has 0 bridgehead atoms. The molecule has 0 saturated heterocycles. The second-order valence-corrected chi connectivity index (χ2v) is 5.06. The highest BCUT2D eigenvalue weighted by molar-refractivity contribution is 6.02. The number of carbonyl (C=O) groups is 1. The Balaban J connectivity index is 1.96. The van der Waals surface area contributed by atoms with Crippen LogP contribution in [0.5, 0.6) is 5.75 Å². The number of hydrogen-bond acceptors (Lipinski definition) is 5. The zero-order chi connectivity index (χ0) is 17.1. The Morgan fingerprint density at radius 3 is 2.75 bits per heavy atom. The van der Waals surface area contributed by atoms with Gasteiger partial charge in [0.15, 0.2) is 0 Å². The highest BCUT2D eigenvalue weighted by atomic mass is 16.3. The highest BCUT2D eigenvalue weighted by Gasteiger charge is 2.20. The average Bonchev–Trinajstić information content (AvgIpc) is 2.61. The summed E-state index contributed by atoms with van der Waals surface area (Å²) in [6.45, 7) is 0. The third kappa shape index (κ3) is 2.74. The minimum Gasteiger partial charge on any atom is -0.506 e. The van der Waals surface area contributed by atoms with Crippen molar-refractivity contribution in [2.75, 3.05) is 0 Å². The maximum atomic E-state index is 12.4. The molecule has 0 saturated carbocycles. The van der Waals surface area contributed by atoms with Crippen molar-refractivity contribution in [3.8, 4) is 5.75 Å². The topological polar surface area (TPSA) is 96.6 Å². The molecule has 0 aliphatic heterocycles. The molecule has 1 amide bonds. The van der Waals surface area contributed by atoms with Crippen LogP contribution in [0.3, 0.4) is 0 Å². The van der Waals surface area contributed by atoms with Crippen molar-refractivity contribution < 1.29 is 9.90 Å². The predicted octanol–water partition coefficient (Wildman–Crippen LogP) is 1.40. The van der Waals surface area contributed by atoms with Crippen LogP contribution in [-0.2, 0) is 7.05 Å². The molecule has 0 aliphatic rings. The van der Waals surface area contributed by atoms with Crippen LogP contribution in [0.2, 0.25) is 0 Å². The fourth-order valence-electron chi connectivity index (χ4n) is 2.35. The number of benzene rings is 1. The number of para-hydroxylation sites is 1. The van der Waals surface area contributed by atoms with Gasteiger partial charge in [-0.15, -0.1) is 0 Å². The Morgan fingerprint density at radius 1 is 1.25 bits per heavy atom. The minimum absolute atomic E-state index is 0.352. The predicted molar refractivity (Wildman–Crippen MR) is 90.2 cm³/mol. The summed E-state index contributed by atoms with van der Waals surface area (Å²) in [7, 11) is 1.54.